The summed E-state index contributed by atoms with van der Waals surface area (Å²) in [6, 6.07) is -0.874. The van der Waals surface area contributed by atoms with Crippen molar-refractivity contribution in [2.45, 2.75) is 315 Å². The number of phosphoric acid groups is 1. The van der Waals surface area contributed by atoms with Gasteiger partial charge in [-0.3, -0.25) is 18.6 Å². The van der Waals surface area contributed by atoms with Crippen LogP contribution in [0.4, 0.5) is 0 Å². The molecule has 0 aromatic heterocycles. The molecule has 0 spiro atoms. The van der Waals surface area contributed by atoms with Gasteiger partial charge in [0, 0.05) is 12.8 Å². The molecule has 0 aromatic carbocycles. The Morgan fingerprint density at radius 3 is 1.20 bits per heavy atom. The normalized spacial score (nSPS) is 14.1. The monoisotopic (exact) mass is 1150 g/mol. The lowest BCUT2D eigenvalue weighted by Gasteiger charge is -2.27. The minimum atomic E-state index is -4.47. The summed E-state index contributed by atoms with van der Waals surface area (Å²) in [5, 5.41) is 3.03. The van der Waals surface area contributed by atoms with E-state index >= 15 is 0 Å². The van der Waals surface area contributed by atoms with Crippen LogP contribution in [-0.2, 0) is 27.9 Å². The van der Waals surface area contributed by atoms with E-state index in [9.17, 15) is 19.0 Å². The number of nitrogens with zero attached hydrogens (tertiary/aromatic N) is 1. The lowest BCUT2D eigenvalue weighted by atomic mass is 10.0. The lowest BCUT2D eigenvalue weighted by Crippen LogP contribution is -2.47. The first-order valence-corrected chi connectivity index (χ1v) is 35.5. The highest BCUT2D eigenvalue weighted by molar-refractivity contribution is 7.47. The maximum absolute atomic E-state index is 13.5. The van der Waals surface area contributed by atoms with Gasteiger partial charge in [-0.25, -0.2) is 4.57 Å². The highest BCUT2D eigenvalue weighted by Gasteiger charge is 2.30. The van der Waals surface area contributed by atoms with Gasteiger partial charge in [0.2, 0.25) is 5.91 Å². The summed E-state index contributed by atoms with van der Waals surface area (Å²) in [5.41, 5.74) is 0. The topological polar surface area (TPSA) is 111 Å². The maximum atomic E-state index is 13.5. The van der Waals surface area contributed by atoms with Crippen molar-refractivity contribution in [2.24, 2.45) is 0 Å². The van der Waals surface area contributed by atoms with E-state index in [1.165, 1.54) is 199 Å². The molecule has 0 aromatic rings. The Hall–Kier alpha value is -2.81. The van der Waals surface area contributed by atoms with Crippen LogP contribution in [0.5, 0.6) is 0 Å². The highest BCUT2D eigenvalue weighted by Crippen LogP contribution is 2.43. The van der Waals surface area contributed by atoms with E-state index in [0.717, 1.165) is 64.2 Å². The number of carbonyl (C=O) groups is 2. The first-order valence-electron chi connectivity index (χ1n) is 34.0. The Balaban J connectivity index is 5.04. The summed E-state index contributed by atoms with van der Waals surface area (Å²) in [6.45, 7) is 6.85. The standard InChI is InChI=1S/C71H129N2O7P/c1-7-10-13-16-19-22-25-27-29-31-32-33-34-35-36-37-38-39-40-42-44-46-49-52-55-58-61-64-71(75)80-69(62-59-56-53-50-47-24-21-18-15-12-9-3)68(67-79-81(76,77)78-66-65-73(4,5)6)72-70(74)63-60-57-54-51-48-45-43-41-30-28-26-23-20-17-14-11-8-2/h11,14,17,20,23,26,28,30,41,43,45,48,59,62,68-69H,7-10,12-13,15-16,18-19,21-22,24-25,27,29,31-40,42,44,46-47,49-58,60-61,63-67H2,1-6H3,(H-,72,74,76,77)/p+1/b14-11-,20-17+,26-23+,30-28-,43-41+,48-45+,62-59-. The van der Waals surface area contributed by atoms with Gasteiger partial charge in [-0.05, 0) is 51.0 Å². The van der Waals surface area contributed by atoms with Crippen LogP contribution in [0.25, 0.3) is 0 Å². The molecule has 10 heteroatoms. The zero-order valence-electron chi connectivity index (χ0n) is 53.8. The number of phosphoric ester groups is 1. The highest BCUT2D eigenvalue weighted by atomic mass is 31.2. The van der Waals surface area contributed by atoms with Crippen LogP contribution in [0.1, 0.15) is 303 Å². The molecule has 0 saturated heterocycles. The van der Waals surface area contributed by atoms with Gasteiger partial charge < -0.3 is 19.4 Å². The number of ether oxygens (including phenoxy) is 1. The number of rotatable bonds is 61. The number of unbranched alkanes of at least 4 members (excludes halogenated alkanes) is 38. The van der Waals surface area contributed by atoms with Crippen LogP contribution in [-0.4, -0.2) is 74.3 Å². The smallest absolute Gasteiger partial charge is 0.456 e. The van der Waals surface area contributed by atoms with Gasteiger partial charge in [0.25, 0.3) is 0 Å². The molecule has 1 amide bonds. The lowest BCUT2D eigenvalue weighted by molar-refractivity contribution is -0.870. The largest absolute Gasteiger partial charge is 0.472 e. The molecule has 0 rings (SSSR count). The molecule has 0 aliphatic rings. The van der Waals surface area contributed by atoms with E-state index in [2.05, 4.69) is 38.2 Å². The van der Waals surface area contributed by atoms with Crippen LogP contribution in [0.15, 0.2) is 85.1 Å². The zero-order chi connectivity index (χ0) is 59.3. The Morgan fingerprint density at radius 1 is 0.444 bits per heavy atom. The summed E-state index contributed by atoms with van der Waals surface area (Å²) in [4.78, 5) is 37.8. The van der Waals surface area contributed by atoms with E-state index in [4.69, 9.17) is 13.8 Å². The van der Waals surface area contributed by atoms with Gasteiger partial charge in [-0.2, -0.15) is 0 Å². The summed E-state index contributed by atoms with van der Waals surface area (Å²) in [6.07, 6.45) is 80.4. The van der Waals surface area contributed by atoms with Gasteiger partial charge in [0.05, 0.1) is 33.8 Å². The van der Waals surface area contributed by atoms with Crippen molar-refractivity contribution < 1.29 is 37.3 Å². The van der Waals surface area contributed by atoms with Crippen molar-refractivity contribution in [3.05, 3.63) is 85.1 Å². The van der Waals surface area contributed by atoms with E-state index in [-0.39, 0.29) is 37.9 Å². The van der Waals surface area contributed by atoms with E-state index in [1.807, 2.05) is 94.1 Å². The number of hydrogen-bond donors (Lipinski definition) is 2. The molecule has 0 fully saturated rings. The molecule has 3 unspecified atom stereocenters. The molecule has 81 heavy (non-hydrogen) atoms. The fraction of sp³-hybridized carbons (Fsp3) is 0.775. The number of hydrogen-bond acceptors (Lipinski definition) is 6. The van der Waals surface area contributed by atoms with E-state index < -0.39 is 20.0 Å². The second-order valence-corrected chi connectivity index (χ2v) is 25.6. The Morgan fingerprint density at radius 2 is 0.790 bits per heavy atom. The molecule has 0 radical (unpaired) electrons. The van der Waals surface area contributed by atoms with Crippen molar-refractivity contribution >= 4 is 19.7 Å². The van der Waals surface area contributed by atoms with Gasteiger partial charge in [-0.15, -0.1) is 0 Å². The molecule has 9 nitrogen and oxygen atoms in total. The number of esters is 1. The van der Waals surface area contributed by atoms with Gasteiger partial charge in [0.15, 0.2) is 0 Å². The maximum Gasteiger partial charge on any atom is 0.472 e. The van der Waals surface area contributed by atoms with Crippen molar-refractivity contribution in [3.63, 3.8) is 0 Å². The molecule has 470 valence electrons. The first kappa shape index (κ1) is 78.2. The summed E-state index contributed by atoms with van der Waals surface area (Å²) >= 11 is 0. The molecule has 0 saturated carbocycles. The minimum Gasteiger partial charge on any atom is -0.456 e. The molecule has 2 N–H and O–H groups in total. The third-order valence-corrected chi connectivity index (χ3v) is 16.0. The third kappa shape index (κ3) is 61.6. The molecule has 0 heterocycles. The van der Waals surface area contributed by atoms with E-state index in [0.29, 0.717) is 17.4 Å². The van der Waals surface area contributed by atoms with Crippen molar-refractivity contribution in [3.8, 4) is 0 Å². The molecule has 0 bridgehead atoms. The van der Waals surface area contributed by atoms with E-state index in [1.54, 1.807) is 0 Å². The first-order chi connectivity index (χ1) is 39.4. The Kier molecular flexibility index (Phi) is 58.2. The molecule has 0 aliphatic carbocycles. The minimum absolute atomic E-state index is 0.0285. The van der Waals surface area contributed by atoms with Gasteiger partial charge in [0.1, 0.15) is 19.3 Å². The summed E-state index contributed by atoms with van der Waals surface area (Å²) in [5.74, 6) is -0.550. The van der Waals surface area contributed by atoms with Gasteiger partial charge >= 0.3 is 13.8 Å². The molecule has 3 atom stereocenters. The molecule has 0 aliphatic heterocycles. The number of carbonyl (C=O) groups excluding carboxylic acids is 2. The van der Waals surface area contributed by atoms with Crippen molar-refractivity contribution in [1.82, 2.24) is 5.32 Å². The van der Waals surface area contributed by atoms with Crippen LogP contribution in [0.3, 0.4) is 0 Å². The number of amides is 1. The Bertz CT molecular complexity index is 1660. The predicted octanol–water partition coefficient (Wildman–Crippen LogP) is 21.3. The quantitative estimate of drug-likeness (QED) is 0.0156. The van der Waals surface area contributed by atoms with Crippen LogP contribution < -0.4 is 5.32 Å². The molecular weight excluding hydrogens is 1020 g/mol. The second-order valence-electron chi connectivity index (χ2n) is 24.1. The third-order valence-electron chi connectivity index (χ3n) is 15.0. The number of likely N-dealkylation sites (N-methyl/N-ethyl adjacent to an activating group) is 1. The van der Waals surface area contributed by atoms with Gasteiger partial charge in [-0.1, -0.05) is 324 Å². The predicted molar refractivity (Wildman–Crippen MR) is 351 cm³/mol. The average molecular weight is 1150 g/mol. The molecular formula is C71H130N2O7P+. The number of allylic oxidation sites excluding steroid dienone is 13. The second kappa shape index (κ2) is 60.3. The Labute approximate surface area is 501 Å². The zero-order valence-corrected chi connectivity index (χ0v) is 54.7. The van der Waals surface area contributed by atoms with Crippen LogP contribution >= 0.6 is 7.82 Å². The average Bonchev–Trinajstić information content (AvgIpc) is 3.44. The number of nitrogens with one attached hydrogen (secondary N) is 1. The fourth-order valence-electron chi connectivity index (χ4n) is 9.80. The summed E-state index contributed by atoms with van der Waals surface area (Å²) in [7, 11) is 1.46. The van der Waals surface area contributed by atoms with Crippen molar-refractivity contribution in [1.29, 1.82) is 0 Å². The van der Waals surface area contributed by atoms with Crippen LogP contribution in [0.2, 0.25) is 0 Å². The SMILES string of the molecule is CC\C=C/C=C/C=C/C=C\C=C\C=C\CCCCCC(=O)NC(COP(=O)(O)OCC[N+](C)(C)C)C(/C=C\CCCCCCCCCCC)OC(=O)CCCCCCCCCCCCCCCCCCCCCCCCCCCCC. The fourth-order valence-corrected chi connectivity index (χ4v) is 10.5. The van der Waals surface area contributed by atoms with Crippen LogP contribution in [0, 0.1) is 0 Å². The summed E-state index contributed by atoms with van der Waals surface area (Å²) < 4.78 is 30.7. The number of quaternary nitrogens is 1. The van der Waals surface area contributed by atoms with Crippen molar-refractivity contribution in [2.75, 3.05) is 40.9 Å².